The van der Waals surface area contributed by atoms with Gasteiger partial charge in [0, 0.05) is 29.4 Å². The number of hydrogen-bond acceptors (Lipinski definition) is 4. The minimum Gasteiger partial charge on any atom is -0.366 e. The van der Waals surface area contributed by atoms with Crippen LogP contribution in [0.2, 0.25) is 0 Å². The first kappa shape index (κ1) is 18.0. The number of hydrogen-bond donors (Lipinski definition) is 3. The van der Waals surface area contributed by atoms with E-state index >= 15 is 0 Å². The van der Waals surface area contributed by atoms with E-state index in [0.29, 0.717) is 29.6 Å². The van der Waals surface area contributed by atoms with Crippen molar-refractivity contribution in [2.75, 3.05) is 0 Å². The van der Waals surface area contributed by atoms with Crippen molar-refractivity contribution in [3.63, 3.8) is 0 Å². The summed E-state index contributed by atoms with van der Waals surface area (Å²) in [6, 6.07) is 6.91. The maximum absolute atomic E-state index is 12.5. The largest absolute Gasteiger partial charge is 0.366 e. The van der Waals surface area contributed by atoms with Crippen molar-refractivity contribution in [2.24, 2.45) is 22.6 Å². The van der Waals surface area contributed by atoms with Crippen molar-refractivity contribution in [2.45, 2.75) is 39.2 Å². The quantitative estimate of drug-likeness (QED) is 0.774. The third-order valence-corrected chi connectivity index (χ3v) is 5.09. The van der Waals surface area contributed by atoms with Crippen molar-refractivity contribution in [1.29, 1.82) is 5.41 Å². The Bertz CT molecular complexity index is 810. The van der Waals surface area contributed by atoms with Gasteiger partial charge in [-0.1, -0.05) is 25.1 Å². The number of amides is 2. The Morgan fingerprint density at radius 3 is 2.92 bits per heavy atom. The van der Waals surface area contributed by atoms with E-state index < -0.39 is 5.91 Å². The maximum atomic E-state index is 12.5. The maximum Gasteiger partial charge on any atom is 0.269 e. The average molecular weight is 352 g/mol. The molecule has 6 heteroatoms. The van der Waals surface area contributed by atoms with Crippen LogP contribution >= 0.6 is 0 Å². The van der Waals surface area contributed by atoms with Gasteiger partial charge in [-0.15, -0.1) is 0 Å². The van der Waals surface area contributed by atoms with Gasteiger partial charge < -0.3 is 16.5 Å². The Kier molecular flexibility index (Phi) is 5.30. The zero-order valence-electron chi connectivity index (χ0n) is 14.9. The van der Waals surface area contributed by atoms with Gasteiger partial charge in [-0.05, 0) is 49.3 Å². The van der Waals surface area contributed by atoms with Crippen molar-refractivity contribution in [3.8, 4) is 0 Å². The SMILES string of the molecule is CC1CC(=N)CCC2=NC(C(=O)NCc3cccc(C(N)=O)c3)=CCC21. The van der Waals surface area contributed by atoms with Gasteiger partial charge in [-0.3, -0.25) is 14.6 Å². The van der Waals surface area contributed by atoms with Crippen molar-refractivity contribution in [1.82, 2.24) is 5.32 Å². The number of carbonyl (C=O) groups excluding carboxylic acids is 2. The highest BCUT2D eigenvalue weighted by atomic mass is 16.2. The second-order valence-corrected chi connectivity index (χ2v) is 7.07. The first-order chi connectivity index (χ1) is 12.4. The van der Waals surface area contributed by atoms with Gasteiger partial charge >= 0.3 is 0 Å². The number of nitrogens with zero attached hydrogens (tertiary/aromatic N) is 1. The summed E-state index contributed by atoms with van der Waals surface area (Å²) in [6.07, 6.45) is 5.00. The summed E-state index contributed by atoms with van der Waals surface area (Å²) in [4.78, 5) is 28.3. The number of nitrogens with one attached hydrogen (secondary N) is 2. The molecule has 2 atom stereocenters. The minimum atomic E-state index is -0.487. The molecule has 3 rings (SSSR count). The lowest BCUT2D eigenvalue weighted by molar-refractivity contribution is -0.117. The van der Waals surface area contributed by atoms with Gasteiger partial charge in [-0.25, -0.2) is 0 Å². The van der Waals surface area contributed by atoms with Crippen LogP contribution in [-0.2, 0) is 11.3 Å². The third-order valence-electron chi connectivity index (χ3n) is 5.09. The van der Waals surface area contributed by atoms with Crippen LogP contribution in [0.3, 0.4) is 0 Å². The lowest BCUT2D eigenvalue weighted by atomic mass is 9.83. The first-order valence-corrected chi connectivity index (χ1v) is 8.95. The molecular weight excluding hydrogens is 328 g/mol. The van der Waals surface area contributed by atoms with Crippen LogP contribution in [0, 0.1) is 17.2 Å². The van der Waals surface area contributed by atoms with E-state index in [-0.39, 0.29) is 5.91 Å². The highest BCUT2D eigenvalue weighted by molar-refractivity contribution is 6.01. The first-order valence-electron chi connectivity index (χ1n) is 8.95. The second-order valence-electron chi connectivity index (χ2n) is 7.07. The number of primary amides is 1. The smallest absolute Gasteiger partial charge is 0.269 e. The number of aliphatic imine (C=N–C) groups is 1. The predicted octanol–water partition coefficient (Wildman–Crippen LogP) is 2.59. The van der Waals surface area contributed by atoms with Gasteiger partial charge in [0.05, 0.1) is 0 Å². The molecule has 1 fully saturated rings. The summed E-state index contributed by atoms with van der Waals surface area (Å²) in [5.74, 6) is 0.0221. The molecule has 0 saturated heterocycles. The number of rotatable bonds is 4. The number of carbonyl (C=O) groups is 2. The monoisotopic (exact) mass is 352 g/mol. The van der Waals surface area contributed by atoms with E-state index in [2.05, 4.69) is 17.2 Å². The Morgan fingerprint density at radius 1 is 1.35 bits per heavy atom. The van der Waals surface area contributed by atoms with Crippen LogP contribution in [-0.4, -0.2) is 23.2 Å². The third kappa shape index (κ3) is 4.07. The Labute approximate surface area is 153 Å². The molecule has 1 heterocycles. The fourth-order valence-electron chi connectivity index (χ4n) is 3.62. The summed E-state index contributed by atoms with van der Waals surface area (Å²) in [7, 11) is 0. The van der Waals surface area contributed by atoms with Crippen molar-refractivity contribution < 1.29 is 9.59 Å². The van der Waals surface area contributed by atoms with Gasteiger partial charge in [0.2, 0.25) is 5.91 Å². The van der Waals surface area contributed by atoms with E-state index in [1.807, 2.05) is 12.1 Å². The molecule has 2 unspecified atom stereocenters. The Morgan fingerprint density at radius 2 is 2.15 bits per heavy atom. The molecule has 136 valence electrons. The molecule has 1 aliphatic carbocycles. The molecule has 1 aromatic carbocycles. The topological polar surface area (TPSA) is 108 Å². The van der Waals surface area contributed by atoms with E-state index in [9.17, 15) is 9.59 Å². The highest BCUT2D eigenvalue weighted by Crippen LogP contribution is 2.32. The molecule has 0 bridgehead atoms. The van der Waals surface area contributed by atoms with Gasteiger partial charge in [-0.2, -0.15) is 0 Å². The summed E-state index contributed by atoms with van der Waals surface area (Å²) in [6.45, 7) is 2.47. The molecule has 2 amide bonds. The minimum absolute atomic E-state index is 0.215. The Hall–Kier alpha value is -2.76. The Balaban J connectivity index is 1.65. The zero-order chi connectivity index (χ0) is 18.7. The van der Waals surface area contributed by atoms with E-state index in [4.69, 9.17) is 11.1 Å². The normalized spacial score (nSPS) is 22.6. The molecule has 2 aliphatic rings. The second kappa shape index (κ2) is 7.64. The van der Waals surface area contributed by atoms with E-state index in [0.717, 1.165) is 42.7 Å². The van der Waals surface area contributed by atoms with Crippen LogP contribution < -0.4 is 11.1 Å². The number of allylic oxidation sites excluding steroid dienone is 1. The molecule has 1 aliphatic heterocycles. The standard InChI is InChI=1S/C20H24N4O2/c1-12-9-15(21)5-7-17-16(12)6-8-18(24-17)20(26)23-11-13-3-2-4-14(10-13)19(22)25/h2-4,8,10,12,16,21H,5-7,9,11H2,1H3,(H2,22,25)(H,23,26). The summed E-state index contributed by atoms with van der Waals surface area (Å²) in [5.41, 5.74) is 8.78. The number of fused-ring (bicyclic) bond motifs is 1. The number of benzene rings is 1. The van der Waals surface area contributed by atoms with E-state index in [1.54, 1.807) is 18.2 Å². The molecule has 1 saturated carbocycles. The van der Waals surface area contributed by atoms with Crippen LogP contribution in [0.25, 0.3) is 0 Å². The summed E-state index contributed by atoms with van der Waals surface area (Å²) < 4.78 is 0. The molecule has 4 N–H and O–H groups in total. The highest BCUT2D eigenvalue weighted by Gasteiger charge is 2.30. The summed E-state index contributed by atoms with van der Waals surface area (Å²) in [5, 5.41) is 10.8. The average Bonchev–Trinajstić information content (AvgIpc) is 2.77. The summed E-state index contributed by atoms with van der Waals surface area (Å²) >= 11 is 0. The van der Waals surface area contributed by atoms with Crippen LogP contribution in [0.1, 0.15) is 48.5 Å². The fraction of sp³-hybridized carbons (Fsp3) is 0.400. The van der Waals surface area contributed by atoms with Crippen molar-refractivity contribution >= 4 is 23.2 Å². The van der Waals surface area contributed by atoms with Crippen LogP contribution in [0.15, 0.2) is 41.0 Å². The molecular formula is C20H24N4O2. The lowest BCUT2D eigenvalue weighted by Gasteiger charge is -2.25. The molecule has 26 heavy (non-hydrogen) atoms. The van der Waals surface area contributed by atoms with Crippen LogP contribution in [0.5, 0.6) is 0 Å². The van der Waals surface area contributed by atoms with E-state index in [1.165, 1.54) is 0 Å². The molecule has 1 aromatic rings. The van der Waals surface area contributed by atoms with Crippen molar-refractivity contribution in [3.05, 3.63) is 47.2 Å². The lowest BCUT2D eigenvalue weighted by Crippen LogP contribution is -2.29. The predicted molar refractivity (Wildman–Crippen MR) is 101 cm³/mol. The van der Waals surface area contributed by atoms with Gasteiger partial charge in [0.1, 0.15) is 5.70 Å². The van der Waals surface area contributed by atoms with Gasteiger partial charge in [0.25, 0.3) is 5.91 Å². The molecule has 0 aromatic heterocycles. The van der Waals surface area contributed by atoms with Crippen LogP contribution in [0.4, 0.5) is 0 Å². The number of nitrogens with two attached hydrogens (primary N) is 1. The molecule has 6 nitrogen and oxygen atoms in total. The van der Waals surface area contributed by atoms with Gasteiger partial charge in [0.15, 0.2) is 0 Å². The zero-order valence-corrected chi connectivity index (χ0v) is 14.9. The molecule has 0 spiro atoms. The molecule has 0 radical (unpaired) electrons. The fourth-order valence-corrected chi connectivity index (χ4v) is 3.62.